The van der Waals surface area contributed by atoms with Gasteiger partial charge in [-0.3, -0.25) is 14.4 Å². The Morgan fingerprint density at radius 2 is 1.67 bits per heavy atom. The lowest BCUT2D eigenvalue weighted by Gasteiger charge is -2.48. The fraction of sp³-hybridized carbons (Fsp3) is 0.925. The van der Waals surface area contributed by atoms with Gasteiger partial charge in [-0.15, -0.1) is 0 Å². The minimum atomic E-state index is -1.07. The molecule has 0 saturated carbocycles. The monoisotopic (exact) mass is 738 g/mol. The minimum Gasteiger partial charge on any atom is -0.469 e. The second-order valence-electron chi connectivity index (χ2n) is 17.1. The number of carbonyl (C=O) groups excluding carboxylic acids is 3. The maximum atomic E-state index is 13.6. The van der Waals surface area contributed by atoms with Crippen molar-refractivity contribution in [3.63, 3.8) is 0 Å². The van der Waals surface area contributed by atoms with Gasteiger partial charge < -0.3 is 42.6 Å². The molecule has 0 aromatic rings. The van der Waals surface area contributed by atoms with E-state index in [1.54, 1.807) is 21.1 Å². The van der Waals surface area contributed by atoms with Crippen molar-refractivity contribution in [2.75, 3.05) is 27.9 Å². The Hall–Kier alpha value is -1.67. The van der Waals surface area contributed by atoms with Crippen LogP contribution < -0.4 is 0 Å². The van der Waals surface area contributed by atoms with Crippen LogP contribution in [-0.4, -0.2) is 105 Å². The van der Waals surface area contributed by atoms with Gasteiger partial charge in [0.1, 0.15) is 12.4 Å². The molecule has 12 nitrogen and oxygen atoms in total. The maximum Gasteiger partial charge on any atom is 0.311 e. The van der Waals surface area contributed by atoms with E-state index in [-0.39, 0.29) is 84.8 Å². The van der Waals surface area contributed by atoms with E-state index in [1.807, 2.05) is 13.8 Å². The highest BCUT2D eigenvalue weighted by Crippen LogP contribution is 2.54. The van der Waals surface area contributed by atoms with Crippen molar-refractivity contribution in [3.05, 3.63) is 0 Å². The molecular weight excluding hydrogens is 672 g/mol. The average Bonchev–Trinajstić information content (AvgIpc) is 3.82. The molecule has 0 unspecified atom stereocenters. The number of ether oxygens (including phenoxy) is 9. The van der Waals surface area contributed by atoms with Crippen LogP contribution in [0, 0.1) is 35.5 Å². The van der Waals surface area contributed by atoms with Gasteiger partial charge in [-0.05, 0) is 64.2 Å². The van der Waals surface area contributed by atoms with Crippen molar-refractivity contribution in [2.24, 2.45) is 35.5 Å². The van der Waals surface area contributed by atoms with E-state index in [1.165, 1.54) is 14.0 Å². The largest absolute Gasteiger partial charge is 0.469 e. The summed E-state index contributed by atoms with van der Waals surface area (Å²) in [6.07, 6.45) is 3.75. The molecular formula is C40H66O12. The number of ketones is 1. The second kappa shape index (κ2) is 15.8. The zero-order chi connectivity index (χ0) is 38.4. The van der Waals surface area contributed by atoms with Crippen LogP contribution in [0.1, 0.15) is 114 Å². The van der Waals surface area contributed by atoms with E-state index >= 15 is 0 Å². The Labute approximate surface area is 310 Å². The van der Waals surface area contributed by atoms with Crippen LogP contribution in [0.2, 0.25) is 0 Å². The molecule has 0 bridgehead atoms. The number of carbonyl (C=O) groups is 3. The van der Waals surface area contributed by atoms with Crippen molar-refractivity contribution in [1.29, 1.82) is 0 Å². The Morgan fingerprint density at radius 1 is 0.962 bits per heavy atom. The van der Waals surface area contributed by atoms with Gasteiger partial charge in [0, 0.05) is 45.3 Å². The van der Waals surface area contributed by atoms with Crippen LogP contribution in [0.25, 0.3) is 0 Å². The lowest BCUT2D eigenvalue weighted by atomic mass is 9.79. The molecule has 12 heteroatoms. The SMILES string of the molecule is CC[C@]1([C@@H]2O[C@@H]([C@H]3O[C@](COC(C)=O)(OC)[C@H](C)C[C@@H]3C)C[C@@H]2C)CC[C@H]([C@@]2(C)CC[C@]3(CC(=O)[C@@H](C)[C@@H]([C@@H](C)[C@@H](OC)[C@H](C)C(=O)OC)O3)O2)O1. The molecule has 0 aliphatic carbocycles. The number of methoxy groups -OCH3 is 3. The van der Waals surface area contributed by atoms with Crippen molar-refractivity contribution in [2.45, 2.75) is 173 Å². The second-order valence-corrected chi connectivity index (χ2v) is 17.1. The Kier molecular flexibility index (Phi) is 12.6. The van der Waals surface area contributed by atoms with Crippen molar-refractivity contribution >= 4 is 17.7 Å². The number of esters is 2. The first-order chi connectivity index (χ1) is 24.4. The molecule has 5 aliphatic heterocycles. The third-order valence-corrected chi connectivity index (χ3v) is 13.6. The molecule has 1 spiro atoms. The zero-order valence-electron chi connectivity index (χ0n) is 33.7. The van der Waals surface area contributed by atoms with Crippen LogP contribution in [0.15, 0.2) is 0 Å². The standard InChI is InChI=1S/C40H66O12/c1-13-38(35-23(3)19-30(48-35)32-22(2)18-24(4)40(46-12,51-32)21-47-28(8)41)15-14-31(49-38)37(9)16-17-39(52-37)20-29(42)25(5)34(50-39)26(6)33(44-10)27(7)36(43)45-11/h22-27,30-35H,13-21H2,1-12H3/t22-,23-,24+,25+,26-,27-,30+,31+,32-,33+,34-,35+,37+,38+,39+,40-/m0/s1. The molecule has 5 heterocycles. The Morgan fingerprint density at radius 3 is 2.29 bits per heavy atom. The van der Waals surface area contributed by atoms with E-state index in [0.29, 0.717) is 12.8 Å². The van der Waals surface area contributed by atoms with E-state index in [2.05, 4.69) is 34.6 Å². The number of Topliss-reactive ketones (excluding diaryl/α,β-unsaturated/α-hetero) is 1. The molecule has 0 aromatic carbocycles. The van der Waals surface area contributed by atoms with Gasteiger partial charge in [-0.1, -0.05) is 41.5 Å². The summed E-state index contributed by atoms with van der Waals surface area (Å²) in [5, 5.41) is 0. The number of hydrogen-bond donors (Lipinski definition) is 0. The molecule has 5 rings (SSSR count). The van der Waals surface area contributed by atoms with Crippen molar-refractivity contribution < 1.29 is 57.0 Å². The molecule has 298 valence electrons. The van der Waals surface area contributed by atoms with Gasteiger partial charge in [0.25, 0.3) is 0 Å². The summed E-state index contributed by atoms with van der Waals surface area (Å²) in [6, 6.07) is 0. The van der Waals surface area contributed by atoms with Gasteiger partial charge in [0.05, 0.1) is 67.3 Å². The summed E-state index contributed by atoms with van der Waals surface area (Å²) in [7, 11) is 4.55. The first-order valence-corrected chi connectivity index (χ1v) is 19.6. The highest BCUT2D eigenvalue weighted by molar-refractivity contribution is 5.83. The van der Waals surface area contributed by atoms with Gasteiger partial charge >= 0.3 is 11.9 Å². The smallest absolute Gasteiger partial charge is 0.311 e. The van der Waals surface area contributed by atoms with Crippen molar-refractivity contribution in [3.8, 4) is 0 Å². The molecule has 5 saturated heterocycles. The van der Waals surface area contributed by atoms with Gasteiger partial charge in [-0.2, -0.15) is 0 Å². The average molecular weight is 739 g/mol. The summed E-state index contributed by atoms with van der Waals surface area (Å²) in [6.45, 7) is 17.8. The van der Waals surface area contributed by atoms with Crippen LogP contribution >= 0.6 is 0 Å². The van der Waals surface area contributed by atoms with Gasteiger partial charge in [0.2, 0.25) is 5.79 Å². The number of hydrogen-bond acceptors (Lipinski definition) is 12. The van der Waals surface area contributed by atoms with Gasteiger partial charge in [0.15, 0.2) is 5.79 Å². The molecule has 0 amide bonds. The maximum absolute atomic E-state index is 13.6. The normalized spacial score (nSPS) is 45.5. The third kappa shape index (κ3) is 7.60. The molecule has 5 fully saturated rings. The zero-order valence-corrected chi connectivity index (χ0v) is 33.7. The third-order valence-electron chi connectivity index (χ3n) is 13.6. The predicted octanol–water partition coefficient (Wildman–Crippen LogP) is 5.79. The van der Waals surface area contributed by atoms with E-state index < -0.39 is 40.9 Å². The van der Waals surface area contributed by atoms with Crippen LogP contribution in [-0.2, 0) is 57.0 Å². The van der Waals surface area contributed by atoms with Crippen LogP contribution in [0.3, 0.4) is 0 Å². The van der Waals surface area contributed by atoms with Gasteiger partial charge in [-0.25, -0.2) is 0 Å². The molecule has 0 N–H and O–H groups in total. The summed E-state index contributed by atoms with van der Waals surface area (Å²) in [5.41, 5.74) is -1.18. The minimum absolute atomic E-state index is 0.0315. The first-order valence-electron chi connectivity index (χ1n) is 19.6. The molecule has 0 aromatic heterocycles. The van der Waals surface area contributed by atoms with Crippen molar-refractivity contribution in [1.82, 2.24) is 0 Å². The fourth-order valence-corrected chi connectivity index (χ4v) is 10.4. The molecule has 16 atom stereocenters. The van der Waals surface area contributed by atoms with Crippen LogP contribution in [0.5, 0.6) is 0 Å². The summed E-state index contributed by atoms with van der Waals surface area (Å²) in [4.78, 5) is 37.7. The summed E-state index contributed by atoms with van der Waals surface area (Å²) in [5.74, 6) is -3.46. The highest BCUT2D eigenvalue weighted by atomic mass is 16.7. The Bertz CT molecular complexity index is 1290. The quantitative estimate of drug-likeness (QED) is 0.224. The number of rotatable bonds is 12. The van der Waals surface area contributed by atoms with E-state index in [4.69, 9.17) is 42.6 Å². The lowest BCUT2D eigenvalue weighted by Crippen LogP contribution is -2.57. The van der Waals surface area contributed by atoms with E-state index in [9.17, 15) is 14.4 Å². The predicted molar refractivity (Wildman–Crippen MR) is 190 cm³/mol. The van der Waals surface area contributed by atoms with Crippen LogP contribution in [0.4, 0.5) is 0 Å². The first kappa shape index (κ1) is 41.5. The summed E-state index contributed by atoms with van der Waals surface area (Å²) < 4.78 is 56.8. The molecule has 52 heavy (non-hydrogen) atoms. The Balaban J connectivity index is 1.29. The highest BCUT2D eigenvalue weighted by Gasteiger charge is 2.62. The molecule has 5 aliphatic rings. The summed E-state index contributed by atoms with van der Waals surface area (Å²) >= 11 is 0. The lowest BCUT2D eigenvalue weighted by molar-refractivity contribution is -0.333. The topological polar surface area (TPSA) is 134 Å². The molecule has 0 radical (unpaired) electrons. The fourth-order valence-electron chi connectivity index (χ4n) is 10.4. The van der Waals surface area contributed by atoms with E-state index in [0.717, 1.165) is 32.1 Å².